The van der Waals surface area contributed by atoms with Gasteiger partial charge in [-0.05, 0) is 22.9 Å². The summed E-state index contributed by atoms with van der Waals surface area (Å²) < 4.78 is 0. The van der Waals surface area contributed by atoms with Crippen LogP contribution in [0.2, 0.25) is 0 Å². The molecule has 0 saturated carbocycles. The van der Waals surface area contributed by atoms with Gasteiger partial charge in [-0.25, -0.2) is 9.78 Å². The summed E-state index contributed by atoms with van der Waals surface area (Å²) in [6, 6.07) is 0. The number of aliphatic hydroxyl groups excluding tert-OH is 1. The second kappa shape index (κ2) is 12.7. The highest BCUT2D eigenvalue weighted by atomic mass is 17.7. The SMILES string of the molecule is OC1OOCCCCCCCCCCCOOOO1. The summed E-state index contributed by atoms with van der Waals surface area (Å²) in [6.45, 7) is -0.850. The summed E-state index contributed by atoms with van der Waals surface area (Å²) in [6.07, 6.45) is 10.1. The molecule has 0 aromatic heterocycles. The molecule has 1 fully saturated rings. The smallest absolute Gasteiger partial charge is 0.330 e. The topological polar surface area (TPSA) is 75.6 Å². The summed E-state index contributed by atoms with van der Waals surface area (Å²) in [5.41, 5.74) is 0. The van der Waals surface area contributed by atoms with Crippen LogP contribution in [0.5, 0.6) is 0 Å². The third-order valence-corrected chi connectivity index (χ3v) is 2.80. The van der Waals surface area contributed by atoms with Gasteiger partial charge in [0.15, 0.2) is 0 Å². The molecule has 1 unspecified atom stereocenters. The summed E-state index contributed by atoms with van der Waals surface area (Å²) in [5, 5.41) is 17.4. The van der Waals surface area contributed by atoms with E-state index in [1.54, 1.807) is 0 Å². The molecule has 0 amide bonds. The zero-order valence-electron chi connectivity index (χ0n) is 11.3. The molecule has 1 rings (SSSR count). The highest BCUT2D eigenvalue weighted by molar-refractivity contribution is 4.47. The van der Waals surface area contributed by atoms with E-state index in [0.717, 1.165) is 25.7 Å². The van der Waals surface area contributed by atoms with Crippen molar-refractivity contribution in [2.45, 2.75) is 64.3 Å². The number of hydrogen-bond donors (Lipinski definition) is 1. The fourth-order valence-corrected chi connectivity index (χ4v) is 1.79. The lowest BCUT2D eigenvalue weighted by Gasteiger charge is -2.09. The predicted octanol–water partition coefficient (Wildman–Crippen LogP) is 2.55. The fraction of sp³-hybridized carbons (Fsp3) is 1.00. The third-order valence-electron chi connectivity index (χ3n) is 2.80. The molecule has 0 radical (unpaired) electrons. The lowest BCUT2D eigenvalue weighted by molar-refractivity contribution is -0.677. The van der Waals surface area contributed by atoms with E-state index in [-0.39, 0.29) is 0 Å². The Balaban J connectivity index is 2.08. The fourth-order valence-electron chi connectivity index (χ4n) is 1.79. The van der Waals surface area contributed by atoms with Crippen molar-refractivity contribution in [3.63, 3.8) is 0 Å². The number of hydrogen-bond acceptors (Lipinski definition) is 7. The Kier molecular flexibility index (Phi) is 11.2. The summed E-state index contributed by atoms with van der Waals surface area (Å²) in [5.74, 6) is 0. The van der Waals surface area contributed by atoms with E-state index in [4.69, 9.17) is 9.99 Å². The quantitative estimate of drug-likeness (QED) is 0.683. The van der Waals surface area contributed by atoms with E-state index in [2.05, 4.69) is 24.7 Å². The monoisotopic (exact) mass is 280 g/mol. The lowest BCUT2D eigenvalue weighted by atomic mass is 10.1. The molecule has 1 saturated heterocycles. The first-order valence-electron chi connectivity index (χ1n) is 6.97. The molecule has 7 heteroatoms. The maximum absolute atomic E-state index is 9.07. The van der Waals surface area contributed by atoms with Crippen LogP contribution in [-0.2, 0) is 29.6 Å². The van der Waals surface area contributed by atoms with Crippen LogP contribution in [-0.4, -0.2) is 24.8 Å². The molecular formula is C12H24O7. The van der Waals surface area contributed by atoms with Gasteiger partial charge >= 0.3 is 6.48 Å². The van der Waals surface area contributed by atoms with Crippen molar-refractivity contribution in [1.82, 2.24) is 0 Å². The molecule has 7 nitrogen and oxygen atoms in total. The van der Waals surface area contributed by atoms with E-state index in [0.29, 0.717) is 13.2 Å². The summed E-state index contributed by atoms with van der Waals surface area (Å²) in [7, 11) is 0. The van der Waals surface area contributed by atoms with Crippen LogP contribution in [0, 0.1) is 0 Å². The van der Waals surface area contributed by atoms with Crippen LogP contribution < -0.4 is 0 Å². The van der Waals surface area contributed by atoms with Crippen LogP contribution in [0.25, 0.3) is 0 Å². The predicted molar refractivity (Wildman–Crippen MR) is 63.8 cm³/mol. The molecule has 1 heterocycles. The lowest BCUT2D eigenvalue weighted by Crippen LogP contribution is -2.17. The average Bonchev–Trinajstić information content (AvgIpc) is 2.41. The average molecular weight is 280 g/mol. The van der Waals surface area contributed by atoms with E-state index in [9.17, 15) is 0 Å². The Morgan fingerprint density at radius 1 is 0.579 bits per heavy atom. The largest absolute Gasteiger partial charge is 0.342 e. The van der Waals surface area contributed by atoms with Gasteiger partial charge in [-0.15, -0.1) is 4.89 Å². The second-order valence-electron chi connectivity index (χ2n) is 4.46. The normalized spacial score (nSPS) is 27.3. The molecule has 1 aliphatic heterocycles. The van der Waals surface area contributed by atoms with E-state index < -0.39 is 6.48 Å². The van der Waals surface area contributed by atoms with Gasteiger partial charge in [0, 0.05) is 0 Å². The Hall–Kier alpha value is -0.280. The van der Waals surface area contributed by atoms with Crippen molar-refractivity contribution in [2.24, 2.45) is 0 Å². The zero-order chi connectivity index (χ0) is 13.6. The molecule has 1 aliphatic rings. The third kappa shape index (κ3) is 11.3. The van der Waals surface area contributed by atoms with Crippen molar-refractivity contribution in [1.29, 1.82) is 0 Å². The molecule has 0 spiro atoms. The minimum Gasteiger partial charge on any atom is -0.342 e. The Morgan fingerprint density at radius 2 is 1.11 bits per heavy atom. The highest BCUT2D eigenvalue weighted by Gasteiger charge is 2.07. The van der Waals surface area contributed by atoms with Crippen LogP contribution in [0.1, 0.15) is 57.8 Å². The van der Waals surface area contributed by atoms with Gasteiger partial charge < -0.3 is 5.11 Å². The zero-order valence-corrected chi connectivity index (χ0v) is 11.3. The van der Waals surface area contributed by atoms with Crippen LogP contribution >= 0.6 is 0 Å². The van der Waals surface area contributed by atoms with Crippen molar-refractivity contribution < 1.29 is 34.7 Å². The standard InChI is InChI=1S/C12H24O7/c13-12-16-14-10-8-6-4-2-1-3-5-7-9-11-15-18-19-17-12/h12-13H,1-11H2. The van der Waals surface area contributed by atoms with E-state index >= 15 is 0 Å². The molecule has 0 aromatic carbocycles. The van der Waals surface area contributed by atoms with Gasteiger partial charge in [-0.2, -0.15) is 4.89 Å². The molecule has 0 aromatic rings. The second-order valence-corrected chi connectivity index (χ2v) is 4.46. The van der Waals surface area contributed by atoms with Gasteiger partial charge in [0.2, 0.25) is 0 Å². The van der Waals surface area contributed by atoms with Gasteiger partial charge in [0.25, 0.3) is 0 Å². The van der Waals surface area contributed by atoms with Gasteiger partial charge in [0.05, 0.1) is 13.2 Å². The maximum atomic E-state index is 9.07. The molecule has 1 N–H and O–H groups in total. The first kappa shape index (κ1) is 16.8. The van der Waals surface area contributed by atoms with Crippen LogP contribution in [0.15, 0.2) is 0 Å². The van der Waals surface area contributed by atoms with E-state index in [1.165, 1.54) is 32.1 Å². The number of aliphatic hydroxyl groups is 1. The number of rotatable bonds is 0. The van der Waals surface area contributed by atoms with E-state index in [1.807, 2.05) is 0 Å². The first-order chi connectivity index (χ1) is 9.39. The molecule has 114 valence electrons. The highest BCUT2D eigenvalue weighted by Crippen LogP contribution is 2.10. The molecule has 0 bridgehead atoms. The molecule has 1 atom stereocenters. The first-order valence-corrected chi connectivity index (χ1v) is 6.97. The Morgan fingerprint density at radius 3 is 1.74 bits per heavy atom. The van der Waals surface area contributed by atoms with Gasteiger partial charge in [-0.1, -0.05) is 44.9 Å². The summed E-state index contributed by atoms with van der Waals surface area (Å²) in [4.78, 5) is 18.1. The van der Waals surface area contributed by atoms with Crippen molar-refractivity contribution in [3.05, 3.63) is 0 Å². The Bertz CT molecular complexity index is 173. The van der Waals surface area contributed by atoms with Crippen molar-refractivity contribution in [3.8, 4) is 0 Å². The van der Waals surface area contributed by atoms with Crippen LogP contribution in [0.3, 0.4) is 0 Å². The van der Waals surface area contributed by atoms with Crippen molar-refractivity contribution >= 4 is 0 Å². The minimum atomic E-state index is -1.66. The van der Waals surface area contributed by atoms with Gasteiger partial charge in [-0.3, -0.25) is 0 Å². The molecular weight excluding hydrogens is 256 g/mol. The molecule has 19 heavy (non-hydrogen) atoms. The Labute approximate surface area is 113 Å². The van der Waals surface area contributed by atoms with Crippen molar-refractivity contribution in [2.75, 3.05) is 13.2 Å². The molecule has 0 aliphatic carbocycles. The summed E-state index contributed by atoms with van der Waals surface area (Å²) >= 11 is 0. The van der Waals surface area contributed by atoms with Crippen LogP contribution in [0.4, 0.5) is 0 Å². The maximum Gasteiger partial charge on any atom is 0.330 e. The van der Waals surface area contributed by atoms with Gasteiger partial charge in [0.1, 0.15) is 0 Å². The minimum absolute atomic E-state index is 0.401.